The molecular weight excluding hydrogens is 378 g/mol. The quantitative estimate of drug-likeness (QED) is 0.436. The Morgan fingerprint density at radius 2 is 1.93 bits per heavy atom. The van der Waals surface area contributed by atoms with E-state index in [1.165, 1.54) is 16.7 Å². The summed E-state index contributed by atoms with van der Waals surface area (Å²) in [5.41, 5.74) is 0. The third kappa shape index (κ3) is 4.50. The number of nitrogens with zero attached hydrogens (tertiary/aromatic N) is 2. The van der Waals surface area contributed by atoms with Gasteiger partial charge in [0, 0.05) is 6.42 Å². The smallest absolute Gasteiger partial charge is 0.226 e. The molecule has 4 rings (SSSR count). The van der Waals surface area contributed by atoms with E-state index < -0.39 is 0 Å². The zero-order valence-corrected chi connectivity index (χ0v) is 16.1. The van der Waals surface area contributed by atoms with Crippen LogP contribution in [0, 0.1) is 0 Å². The van der Waals surface area contributed by atoms with E-state index in [2.05, 4.69) is 27.6 Å². The Balaban J connectivity index is 1.23. The highest BCUT2D eigenvalue weighted by Gasteiger charge is 2.10. The number of amides is 1. The Morgan fingerprint density at radius 1 is 1.04 bits per heavy atom. The molecule has 0 spiro atoms. The molecule has 0 atom stereocenters. The highest BCUT2D eigenvalue weighted by Crippen LogP contribution is 2.29. The van der Waals surface area contributed by atoms with Crippen molar-refractivity contribution in [2.24, 2.45) is 0 Å². The number of ether oxygens (including phenoxy) is 1. The molecule has 136 valence electrons. The van der Waals surface area contributed by atoms with Crippen LogP contribution >= 0.6 is 22.7 Å². The van der Waals surface area contributed by atoms with Crippen LogP contribution in [0.5, 0.6) is 5.75 Å². The van der Waals surface area contributed by atoms with Gasteiger partial charge in [-0.1, -0.05) is 47.7 Å². The molecule has 1 amide bonds. The number of carbonyl (C=O) groups excluding carboxylic acids is 1. The minimum atomic E-state index is -0.0778. The van der Waals surface area contributed by atoms with Crippen molar-refractivity contribution in [2.75, 3.05) is 11.9 Å². The van der Waals surface area contributed by atoms with E-state index in [-0.39, 0.29) is 5.91 Å². The Morgan fingerprint density at radius 3 is 2.78 bits per heavy atom. The summed E-state index contributed by atoms with van der Waals surface area (Å²) >= 11 is 2.98. The number of benzene rings is 2. The summed E-state index contributed by atoms with van der Waals surface area (Å²) in [6.45, 7) is 0.488. The first kappa shape index (κ1) is 17.6. The van der Waals surface area contributed by atoms with Crippen LogP contribution in [0.1, 0.15) is 12.8 Å². The van der Waals surface area contributed by atoms with E-state index in [0.29, 0.717) is 24.6 Å². The van der Waals surface area contributed by atoms with Crippen LogP contribution in [0.15, 0.2) is 60.0 Å². The number of fused-ring (bicyclic) bond motifs is 1. The molecular formula is C20H17N3O2S2. The molecule has 4 aromatic rings. The maximum Gasteiger partial charge on any atom is 0.226 e. The maximum absolute atomic E-state index is 12.1. The minimum absolute atomic E-state index is 0.0778. The first-order chi connectivity index (χ1) is 13.3. The molecule has 0 saturated carbocycles. The first-order valence-corrected chi connectivity index (χ1v) is 10.3. The van der Waals surface area contributed by atoms with Gasteiger partial charge in [0.25, 0.3) is 0 Å². The fourth-order valence-electron chi connectivity index (χ4n) is 2.64. The average Bonchev–Trinajstić information content (AvgIpc) is 3.37. The predicted molar refractivity (Wildman–Crippen MR) is 111 cm³/mol. The second-order valence-corrected chi connectivity index (χ2v) is 7.82. The van der Waals surface area contributed by atoms with Crippen LogP contribution < -0.4 is 10.1 Å². The van der Waals surface area contributed by atoms with Crippen molar-refractivity contribution < 1.29 is 9.53 Å². The van der Waals surface area contributed by atoms with Gasteiger partial charge in [-0.3, -0.25) is 4.79 Å². The Hall–Kier alpha value is -2.77. The zero-order chi connectivity index (χ0) is 18.5. The summed E-state index contributed by atoms with van der Waals surface area (Å²) in [6, 6.07) is 18.1. The van der Waals surface area contributed by atoms with Gasteiger partial charge in [-0.05, 0) is 40.8 Å². The average molecular weight is 396 g/mol. The van der Waals surface area contributed by atoms with Crippen molar-refractivity contribution in [1.29, 1.82) is 0 Å². The summed E-state index contributed by atoms with van der Waals surface area (Å²) < 4.78 is 5.76. The van der Waals surface area contributed by atoms with Crippen LogP contribution in [0.3, 0.4) is 0 Å². The Bertz CT molecular complexity index is 1040. The summed E-state index contributed by atoms with van der Waals surface area (Å²) in [5, 5.41) is 16.6. The molecule has 2 heterocycles. The molecule has 7 heteroatoms. The second kappa shape index (κ2) is 8.28. The van der Waals surface area contributed by atoms with Crippen LogP contribution in [-0.4, -0.2) is 22.7 Å². The number of carbonyl (C=O) groups is 1. The van der Waals surface area contributed by atoms with Crippen LogP contribution in [0.25, 0.3) is 20.7 Å². The van der Waals surface area contributed by atoms with Gasteiger partial charge in [-0.25, -0.2) is 0 Å². The van der Waals surface area contributed by atoms with Gasteiger partial charge >= 0.3 is 0 Å². The molecule has 0 fully saturated rings. The zero-order valence-electron chi connectivity index (χ0n) is 14.4. The highest BCUT2D eigenvalue weighted by atomic mass is 32.1. The third-order valence-electron chi connectivity index (χ3n) is 3.94. The van der Waals surface area contributed by atoms with E-state index in [1.54, 1.807) is 11.3 Å². The van der Waals surface area contributed by atoms with Crippen LogP contribution in [-0.2, 0) is 4.79 Å². The van der Waals surface area contributed by atoms with E-state index in [4.69, 9.17) is 4.74 Å². The Kier molecular flexibility index (Phi) is 5.41. The Labute approximate surface area is 164 Å². The summed E-state index contributed by atoms with van der Waals surface area (Å²) in [6.07, 6.45) is 1.01. The first-order valence-electron chi connectivity index (χ1n) is 8.57. The van der Waals surface area contributed by atoms with Crippen molar-refractivity contribution in [2.45, 2.75) is 12.8 Å². The molecule has 0 aliphatic rings. The molecule has 2 aromatic carbocycles. The van der Waals surface area contributed by atoms with Crippen molar-refractivity contribution in [1.82, 2.24) is 10.2 Å². The van der Waals surface area contributed by atoms with Crippen molar-refractivity contribution in [3.63, 3.8) is 0 Å². The SMILES string of the molecule is O=C(CCCOc1ccc2ccccc2c1)Nc1nnc(-c2cccs2)s1. The largest absolute Gasteiger partial charge is 0.494 e. The van der Waals surface area contributed by atoms with Crippen molar-refractivity contribution >= 4 is 44.5 Å². The number of thiophene rings is 1. The van der Waals surface area contributed by atoms with E-state index in [9.17, 15) is 4.79 Å². The van der Waals surface area contributed by atoms with Crippen molar-refractivity contribution in [3.8, 4) is 15.6 Å². The topological polar surface area (TPSA) is 64.1 Å². The molecule has 27 heavy (non-hydrogen) atoms. The minimum Gasteiger partial charge on any atom is -0.494 e. The fourth-order valence-corrected chi connectivity index (χ4v) is 4.19. The van der Waals surface area contributed by atoms with Gasteiger partial charge in [0.15, 0.2) is 5.01 Å². The summed E-state index contributed by atoms with van der Waals surface area (Å²) in [5.74, 6) is 0.741. The number of aromatic nitrogens is 2. The van der Waals surface area contributed by atoms with Crippen LogP contribution in [0.4, 0.5) is 5.13 Å². The lowest BCUT2D eigenvalue weighted by atomic mass is 10.1. The molecule has 2 aromatic heterocycles. The van der Waals surface area contributed by atoms with E-state index in [0.717, 1.165) is 21.0 Å². The molecule has 5 nitrogen and oxygen atoms in total. The standard InChI is InChI=1S/C20H17N3O2S2/c24-18(21-20-23-22-19(27-20)17-7-4-12-26-17)8-3-11-25-16-10-9-14-5-1-2-6-15(14)13-16/h1-2,4-7,9-10,12-13H,3,8,11H2,(H,21,23,24). The third-order valence-corrected chi connectivity index (χ3v) is 5.82. The summed E-state index contributed by atoms with van der Waals surface area (Å²) in [7, 11) is 0. The normalized spacial score (nSPS) is 10.8. The van der Waals surface area contributed by atoms with E-state index in [1.807, 2.05) is 47.8 Å². The molecule has 0 aliphatic heterocycles. The highest BCUT2D eigenvalue weighted by molar-refractivity contribution is 7.23. The van der Waals surface area contributed by atoms with Gasteiger partial charge in [-0.2, -0.15) is 0 Å². The molecule has 0 aliphatic carbocycles. The molecule has 0 unspecified atom stereocenters. The summed E-state index contributed by atoms with van der Waals surface area (Å²) in [4.78, 5) is 13.1. The van der Waals surface area contributed by atoms with Crippen molar-refractivity contribution in [3.05, 3.63) is 60.0 Å². The maximum atomic E-state index is 12.1. The number of hydrogen-bond acceptors (Lipinski definition) is 6. The number of anilines is 1. The molecule has 1 N–H and O–H groups in total. The fraction of sp³-hybridized carbons (Fsp3) is 0.150. The van der Waals surface area contributed by atoms with E-state index >= 15 is 0 Å². The number of hydrogen-bond donors (Lipinski definition) is 1. The lowest BCUT2D eigenvalue weighted by Gasteiger charge is -2.07. The lowest BCUT2D eigenvalue weighted by Crippen LogP contribution is -2.12. The van der Waals surface area contributed by atoms with Gasteiger partial charge in [-0.15, -0.1) is 21.5 Å². The van der Waals surface area contributed by atoms with Gasteiger partial charge in [0.1, 0.15) is 5.75 Å². The second-order valence-electron chi connectivity index (χ2n) is 5.90. The van der Waals surface area contributed by atoms with Crippen LogP contribution in [0.2, 0.25) is 0 Å². The predicted octanol–water partition coefficient (Wildman–Crippen LogP) is 5.22. The van der Waals surface area contributed by atoms with Gasteiger partial charge < -0.3 is 10.1 Å². The molecule has 0 radical (unpaired) electrons. The number of nitrogens with one attached hydrogen (secondary N) is 1. The molecule has 0 saturated heterocycles. The number of rotatable bonds is 7. The lowest BCUT2D eigenvalue weighted by molar-refractivity contribution is -0.116. The van der Waals surface area contributed by atoms with Gasteiger partial charge in [0.05, 0.1) is 11.5 Å². The monoisotopic (exact) mass is 395 g/mol. The molecule has 0 bridgehead atoms. The van der Waals surface area contributed by atoms with Gasteiger partial charge in [0.2, 0.25) is 11.0 Å².